The van der Waals surface area contributed by atoms with Crippen LogP contribution >= 0.6 is 0 Å². The summed E-state index contributed by atoms with van der Waals surface area (Å²) >= 11 is 0. The highest BCUT2D eigenvalue weighted by Gasteiger charge is 2.15. The zero-order valence-electron chi connectivity index (χ0n) is 10.0. The highest BCUT2D eigenvalue weighted by atomic mass is 15.1. The molecule has 0 atom stereocenters. The van der Waals surface area contributed by atoms with Crippen molar-refractivity contribution in [3.05, 3.63) is 36.0 Å². The fourth-order valence-corrected chi connectivity index (χ4v) is 1.93. The van der Waals surface area contributed by atoms with E-state index in [4.69, 9.17) is 10.5 Å². The Kier molecular flexibility index (Phi) is 3.57. The number of para-hydroxylation sites is 1. The molecule has 0 aliphatic rings. The Balaban J connectivity index is 2.72. The maximum atomic E-state index is 9.18. The summed E-state index contributed by atoms with van der Waals surface area (Å²) in [6.45, 7) is 0.104. The number of benzene rings is 1. The lowest BCUT2D eigenvalue weighted by Crippen LogP contribution is -2.25. The van der Waals surface area contributed by atoms with Gasteiger partial charge in [0.05, 0.1) is 28.9 Å². The first-order chi connectivity index (χ1) is 9.31. The molecule has 2 rings (SSSR count). The summed E-state index contributed by atoms with van der Waals surface area (Å²) in [4.78, 5) is 5.79. The first-order valence-corrected chi connectivity index (χ1v) is 5.58. The highest BCUT2D eigenvalue weighted by Crippen LogP contribution is 2.28. The molecule has 2 aromatic rings. The third kappa shape index (κ3) is 2.29. The van der Waals surface area contributed by atoms with E-state index in [1.54, 1.807) is 4.90 Å². The maximum Gasteiger partial charge on any atom is 0.107 e. The van der Waals surface area contributed by atoms with Crippen LogP contribution < -0.4 is 4.90 Å². The van der Waals surface area contributed by atoms with E-state index in [1.807, 2.05) is 36.4 Å². The van der Waals surface area contributed by atoms with Gasteiger partial charge in [0.25, 0.3) is 0 Å². The van der Waals surface area contributed by atoms with Crippen molar-refractivity contribution in [1.82, 2.24) is 4.98 Å². The van der Waals surface area contributed by atoms with Crippen molar-refractivity contribution in [2.75, 3.05) is 18.0 Å². The Bertz CT molecular complexity index is 714. The SMILES string of the molecule is N#CCN(CC#N)c1c(C#N)cnc2ccccc12. The minimum Gasteiger partial charge on any atom is -0.343 e. The molecule has 0 bridgehead atoms. The fourth-order valence-electron chi connectivity index (χ4n) is 1.93. The molecule has 0 N–H and O–H groups in total. The van der Waals surface area contributed by atoms with Gasteiger partial charge in [0, 0.05) is 11.6 Å². The summed E-state index contributed by atoms with van der Waals surface area (Å²) in [5.74, 6) is 0. The number of nitriles is 3. The van der Waals surface area contributed by atoms with Crippen LogP contribution in [-0.4, -0.2) is 18.1 Å². The zero-order chi connectivity index (χ0) is 13.7. The van der Waals surface area contributed by atoms with Crippen molar-refractivity contribution in [3.63, 3.8) is 0 Å². The molecule has 0 aliphatic heterocycles. The van der Waals surface area contributed by atoms with Crippen LogP contribution in [0.1, 0.15) is 5.56 Å². The van der Waals surface area contributed by atoms with Gasteiger partial charge in [-0.25, -0.2) is 0 Å². The van der Waals surface area contributed by atoms with Crippen molar-refractivity contribution in [2.24, 2.45) is 0 Å². The second-order valence-corrected chi connectivity index (χ2v) is 3.82. The topological polar surface area (TPSA) is 87.5 Å². The molecule has 0 saturated carbocycles. The van der Waals surface area contributed by atoms with E-state index in [0.717, 1.165) is 10.9 Å². The number of pyridine rings is 1. The lowest BCUT2D eigenvalue weighted by Gasteiger charge is -2.21. The minimum absolute atomic E-state index is 0.0518. The normalized spacial score (nSPS) is 9.32. The van der Waals surface area contributed by atoms with Gasteiger partial charge < -0.3 is 4.90 Å². The Labute approximate surface area is 110 Å². The predicted octanol–water partition coefficient (Wildman–Crippen LogP) is 1.96. The van der Waals surface area contributed by atoms with Crippen molar-refractivity contribution < 1.29 is 0 Å². The van der Waals surface area contributed by atoms with Crippen molar-refractivity contribution >= 4 is 16.6 Å². The number of nitrogens with zero attached hydrogens (tertiary/aromatic N) is 5. The van der Waals surface area contributed by atoms with Gasteiger partial charge in [-0.1, -0.05) is 18.2 Å². The molecule has 90 valence electrons. The van der Waals surface area contributed by atoms with Crippen molar-refractivity contribution in [2.45, 2.75) is 0 Å². The molecule has 0 aliphatic carbocycles. The van der Waals surface area contributed by atoms with Crippen LogP contribution in [0, 0.1) is 34.0 Å². The first-order valence-electron chi connectivity index (χ1n) is 5.58. The van der Waals surface area contributed by atoms with E-state index in [-0.39, 0.29) is 13.1 Å². The van der Waals surface area contributed by atoms with E-state index >= 15 is 0 Å². The Morgan fingerprint density at radius 2 is 1.74 bits per heavy atom. The predicted molar refractivity (Wildman–Crippen MR) is 69.9 cm³/mol. The Hall–Kier alpha value is -3.10. The highest BCUT2D eigenvalue weighted by molar-refractivity contribution is 5.94. The van der Waals surface area contributed by atoms with Gasteiger partial charge in [-0.05, 0) is 6.07 Å². The Morgan fingerprint density at radius 3 is 2.37 bits per heavy atom. The van der Waals surface area contributed by atoms with Gasteiger partial charge >= 0.3 is 0 Å². The quantitative estimate of drug-likeness (QED) is 0.773. The lowest BCUT2D eigenvalue weighted by molar-refractivity contribution is 0.967. The van der Waals surface area contributed by atoms with Gasteiger partial charge in [0.15, 0.2) is 0 Å². The average molecular weight is 247 g/mol. The van der Waals surface area contributed by atoms with Crippen LogP contribution in [-0.2, 0) is 0 Å². The van der Waals surface area contributed by atoms with Gasteiger partial charge in [-0.3, -0.25) is 4.98 Å². The van der Waals surface area contributed by atoms with Crippen LogP contribution in [0.4, 0.5) is 5.69 Å². The van der Waals surface area contributed by atoms with Gasteiger partial charge in [0.1, 0.15) is 19.2 Å². The number of fused-ring (bicyclic) bond motifs is 1. The molecule has 1 heterocycles. The summed E-state index contributed by atoms with van der Waals surface area (Å²) in [7, 11) is 0. The molecule has 1 aromatic heterocycles. The second-order valence-electron chi connectivity index (χ2n) is 3.82. The van der Waals surface area contributed by atoms with Crippen LogP contribution in [0.5, 0.6) is 0 Å². The van der Waals surface area contributed by atoms with E-state index in [9.17, 15) is 5.26 Å². The molecule has 0 saturated heterocycles. The molecule has 5 nitrogen and oxygen atoms in total. The molecule has 0 radical (unpaired) electrons. The minimum atomic E-state index is 0.0518. The van der Waals surface area contributed by atoms with Crippen molar-refractivity contribution in [1.29, 1.82) is 15.8 Å². The molecule has 0 unspecified atom stereocenters. The third-order valence-corrected chi connectivity index (χ3v) is 2.71. The summed E-state index contributed by atoms with van der Waals surface area (Å²) < 4.78 is 0. The van der Waals surface area contributed by atoms with Gasteiger partial charge in [-0.2, -0.15) is 15.8 Å². The van der Waals surface area contributed by atoms with Crippen LogP contribution in [0.3, 0.4) is 0 Å². The number of hydrogen-bond acceptors (Lipinski definition) is 5. The third-order valence-electron chi connectivity index (χ3n) is 2.71. The summed E-state index contributed by atoms with van der Waals surface area (Å²) in [5, 5.41) is 27.7. The number of hydrogen-bond donors (Lipinski definition) is 0. The number of aromatic nitrogens is 1. The van der Waals surface area contributed by atoms with Crippen LogP contribution in [0.2, 0.25) is 0 Å². The molecular weight excluding hydrogens is 238 g/mol. The number of rotatable bonds is 3. The monoisotopic (exact) mass is 247 g/mol. The molecule has 5 heteroatoms. The van der Waals surface area contributed by atoms with E-state index < -0.39 is 0 Å². The smallest absolute Gasteiger partial charge is 0.107 e. The van der Waals surface area contributed by atoms with Crippen LogP contribution in [0.15, 0.2) is 30.5 Å². The first kappa shape index (κ1) is 12.4. The lowest BCUT2D eigenvalue weighted by atomic mass is 10.1. The largest absolute Gasteiger partial charge is 0.343 e. The summed E-state index contributed by atoms with van der Waals surface area (Å²) in [5.41, 5.74) is 1.69. The van der Waals surface area contributed by atoms with Crippen LogP contribution in [0.25, 0.3) is 10.9 Å². The molecular formula is C14H9N5. The van der Waals surface area contributed by atoms with E-state index in [0.29, 0.717) is 11.3 Å². The Morgan fingerprint density at radius 1 is 1.05 bits per heavy atom. The maximum absolute atomic E-state index is 9.18. The molecule has 0 spiro atoms. The second kappa shape index (κ2) is 5.49. The summed E-state index contributed by atoms with van der Waals surface area (Å²) in [6, 6.07) is 13.4. The zero-order valence-corrected chi connectivity index (χ0v) is 10.0. The standard InChI is InChI=1S/C14H9N5/c15-5-7-19(8-6-16)14-11(9-17)10-18-13-4-2-1-3-12(13)14/h1-4,10H,7-8H2. The van der Waals surface area contributed by atoms with Gasteiger partial charge in [0.2, 0.25) is 0 Å². The van der Waals surface area contributed by atoms with Gasteiger partial charge in [-0.15, -0.1) is 0 Å². The fraction of sp³-hybridized carbons (Fsp3) is 0.143. The summed E-state index contributed by atoms with van der Waals surface area (Å²) in [6.07, 6.45) is 1.47. The molecule has 0 amide bonds. The van der Waals surface area contributed by atoms with E-state index in [2.05, 4.69) is 11.1 Å². The molecule has 19 heavy (non-hydrogen) atoms. The van der Waals surface area contributed by atoms with E-state index in [1.165, 1.54) is 6.20 Å². The molecule has 1 aromatic carbocycles. The molecule has 0 fully saturated rings. The van der Waals surface area contributed by atoms with Crippen molar-refractivity contribution in [3.8, 4) is 18.2 Å². The number of anilines is 1. The average Bonchev–Trinajstić information content (AvgIpc) is 2.46.